The molecule has 2 N–H and O–H groups in total. The van der Waals surface area contributed by atoms with E-state index in [0.717, 1.165) is 5.56 Å². The van der Waals surface area contributed by atoms with Crippen LogP contribution in [-0.2, 0) is 14.3 Å². The van der Waals surface area contributed by atoms with Gasteiger partial charge in [0.05, 0.1) is 7.11 Å². The number of phenols is 1. The monoisotopic (exact) mass is 247 g/mol. The molecule has 0 spiro atoms. The molecule has 0 radical (unpaired) electrons. The van der Waals surface area contributed by atoms with Crippen LogP contribution in [0.5, 0.6) is 5.75 Å². The molecule has 0 bridgehead atoms. The van der Waals surface area contributed by atoms with Crippen molar-refractivity contribution in [3.63, 3.8) is 0 Å². The fourth-order valence-corrected chi connectivity index (χ4v) is 1.12. The summed E-state index contributed by atoms with van der Waals surface area (Å²) in [5.74, 6) is -1.03. The minimum atomic E-state index is -0.693. The van der Waals surface area contributed by atoms with Gasteiger partial charge in [-0.2, -0.15) is 0 Å². The van der Waals surface area contributed by atoms with Crippen LogP contribution in [0.15, 0.2) is 42.6 Å². The SMILES string of the molecule is C=C(NC(=O)/C=C/c1ccc(O)cc1)C(=O)OC. The molecule has 0 aliphatic carbocycles. The lowest BCUT2D eigenvalue weighted by molar-refractivity contribution is -0.137. The van der Waals surface area contributed by atoms with Crippen molar-refractivity contribution in [3.8, 4) is 5.75 Å². The van der Waals surface area contributed by atoms with E-state index in [9.17, 15) is 9.59 Å². The number of amides is 1. The number of carbonyl (C=O) groups excluding carboxylic acids is 2. The summed E-state index contributed by atoms with van der Waals surface area (Å²) in [7, 11) is 1.20. The standard InChI is InChI=1S/C13H13NO4/c1-9(13(17)18-2)14-12(16)8-5-10-3-6-11(15)7-4-10/h3-8,15H,1H2,2H3,(H,14,16)/b8-5+. The van der Waals surface area contributed by atoms with E-state index < -0.39 is 11.9 Å². The van der Waals surface area contributed by atoms with Crippen molar-refractivity contribution in [2.24, 2.45) is 0 Å². The van der Waals surface area contributed by atoms with E-state index in [4.69, 9.17) is 5.11 Å². The molecule has 0 saturated carbocycles. The number of aromatic hydroxyl groups is 1. The smallest absolute Gasteiger partial charge is 0.353 e. The Morgan fingerprint density at radius 1 is 1.33 bits per heavy atom. The van der Waals surface area contributed by atoms with Gasteiger partial charge in [0.15, 0.2) is 0 Å². The highest BCUT2D eigenvalue weighted by atomic mass is 16.5. The summed E-state index contributed by atoms with van der Waals surface area (Å²) in [6.45, 7) is 3.36. The van der Waals surface area contributed by atoms with Gasteiger partial charge in [-0.1, -0.05) is 18.7 Å². The van der Waals surface area contributed by atoms with Crippen LogP contribution in [-0.4, -0.2) is 24.1 Å². The number of methoxy groups -OCH3 is 1. The van der Waals surface area contributed by atoms with Gasteiger partial charge >= 0.3 is 5.97 Å². The Labute approximate surface area is 104 Å². The molecule has 0 saturated heterocycles. The Morgan fingerprint density at radius 3 is 2.50 bits per heavy atom. The molecule has 0 aromatic heterocycles. The zero-order chi connectivity index (χ0) is 13.5. The largest absolute Gasteiger partial charge is 0.508 e. The lowest BCUT2D eigenvalue weighted by atomic mass is 10.2. The van der Waals surface area contributed by atoms with Crippen LogP contribution >= 0.6 is 0 Å². The highest BCUT2D eigenvalue weighted by molar-refractivity contribution is 5.99. The Bertz CT molecular complexity index is 488. The van der Waals surface area contributed by atoms with Crippen molar-refractivity contribution in [1.82, 2.24) is 5.32 Å². The number of hydrogen-bond acceptors (Lipinski definition) is 4. The Morgan fingerprint density at radius 2 is 1.94 bits per heavy atom. The van der Waals surface area contributed by atoms with E-state index in [1.165, 1.54) is 25.3 Å². The molecule has 18 heavy (non-hydrogen) atoms. The highest BCUT2D eigenvalue weighted by Crippen LogP contribution is 2.10. The molecule has 0 aliphatic heterocycles. The molecule has 1 rings (SSSR count). The minimum Gasteiger partial charge on any atom is -0.508 e. The number of carbonyl (C=O) groups is 2. The van der Waals surface area contributed by atoms with Gasteiger partial charge in [-0.05, 0) is 23.8 Å². The van der Waals surface area contributed by atoms with Gasteiger partial charge in [-0.3, -0.25) is 4.79 Å². The van der Waals surface area contributed by atoms with Gasteiger partial charge in [-0.15, -0.1) is 0 Å². The maximum absolute atomic E-state index is 11.4. The van der Waals surface area contributed by atoms with E-state index in [1.807, 2.05) is 0 Å². The number of phenolic OH excluding ortho intramolecular Hbond substituents is 1. The molecule has 0 aliphatic rings. The zero-order valence-corrected chi connectivity index (χ0v) is 9.84. The fourth-order valence-electron chi connectivity index (χ4n) is 1.12. The van der Waals surface area contributed by atoms with Crippen LogP contribution < -0.4 is 5.32 Å². The molecule has 1 amide bonds. The first-order valence-electron chi connectivity index (χ1n) is 5.08. The van der Waals surface area contributed by atoms with Crippen LogP contribution in [0.4, 0.5) is 0 Å². The number of ether oxygens (including phenoxy) is 1. The molecule has 0 fully saturated rings. The van der Waals surface area contributed by atoms with Gasteiger partial charge in [0.1, 0.15) is 11.4 Å². The molecule has 0 heterocycles. The van der Waals surface area contributed by atoms with Crippen LogP contribution in [0.25, 0.3) is 6.08 Å². The molecule has 5 heteroatoms. The average molecular weight is 247 g/mol. The predicted molar refractivity (Wildman–Crippen MR) is 66.4 cm³/mol. The second-order valence-electron chi connectivity index (χ2n) is 3.38. The molecule has 5 nitrogen and oxygen atoms in total. The first-order valence-corrected chi connectivity index (χ1v) is 5.08. The number of hydrogen-bond donors (Lipinski definition) is 2. The maximum Gasteiger partial charge on any atom is 0.353 e. The quantitative estimate of drug-likeness (QED) is 0.619. The van der Waals surface area contributed by atoms with Crippen molar-refractivity contribution in [1.29, 1.82) is 0 Å². The Balaban J connectivity index is 2.57. The maximum atomic E-state index is 11.4. The van der Waals surface area contributed by atoms with Gasteiger partial charge < -0.3 is 15.2 Å². The summed E-state index contributed by atoms with van der Waals surface area (Å²) in [6, 6.07) is 6.30. The highest BCUT2D eigenvalue weighted by Gasteiger charge is 2.07. The second-order valence-corrected chi connectivity index (χ2v) is 3.38. The van der Waals surface area contributed by atoms with Gasteiger partial charge in [0, 0.05) is 6.08 Å². The summed E-state index contributed by atoms with van der Waals surface area (Å²) in [5, 5.41) is 11.3. The number of esters is 1. The van der Waals surface area contributed by atoms with Gasteiger partial charge in [-0.25, -0.2) is 4.79 Å². The van der Waals surface area contributed by atoms with Crippen molar-refractivity contribution < 1.29 is 19.4 Å². The normalized spacial score (nSPS) is 10.1. The predicted octanol–water partition coefficient (Wildman–Crippen LogP) is 1.21. The first-order chi connectivity index (χ1) is 8.52. The third-order valence-corrected chi connectivity index (χ3v) is 2.03. The second kappa shape index (κ2) is 6.24. The fraction of sp³-hybridized carbons (Fsp3) is 0.0769. The van der Waals surface area contributed by atoms with E-state index in [-0.39, 0.29) is 11.4 Å². The molecule has 1 aromatic carbocycles. The summed E-state index contributed by atoms with van der Waals surface area (Å²) in [6.07, 6.45) is 2.79. The van der Waals surface area contributed by atoms with E-state index in [0.29, 0.717) is 0 Å². The van der Waals surface area contributed by atoms with E-state index in [1.54, 1.807) is 18.2 Å². The Kier molecular flexibility index (Phi) is 4.68. The average Bonchev–Trinajstić information content (AvgIpc) is 2.37. The third-order valence-electron chi connectivity index (χ3n) is 2.03. The summed E-state index contributed by atoms with van der Waals surface area (Å²) >= 11 is 0. The van der Waals surface area contributed by atoms with Gasteiger partial charge in [0.25, 0.3) is 0 Å². The summed E-state index contributed by atoms with van der Waals surface area (Å²) in [4.78, 5) is 22.4. The van der Waals surface area contributed by atoms with Crippen LogP contribution in [0.2, 0.25) is 0 Å². The molecule has 94 valence electrons. The third kappa shape index (κ3) is 4.13. The van der Waals surface area contributed by atoms with Crippen LogP contribution in [0.3, 0.4) is 0 Å². The minimum absolute atomic E-state index is 0.127. The summed E-state index contributed by atoms with van der Waals surface area (Å²) in [5.41, 5.74) is 0.615. The van der Waals surface area contributed by atoms with Crippen molar-refractivity contribution >= 4 is 18.0 Å². The van der Waals surface area contributed by atoms with Crippen molar-refractivity contribution in [2.75, 3.05) is 7.11 Å². The van der Waals surface area contributed by atoms with Crippen molar-refractivity contribution in [2.45, 2.75) is 0 Å². The lowest BCUT2D eigenvalue weighted by Gasteiger charge is -2.02. The number of nitrogens with one attached hydrogen (secondary N) is 1. The topological polar surface area (TPSA) is 75.6 Å². The molecular formula is C13H13NO4. The zero-order valence-electron chi connectivity index (χ0n) is 9.84. The Hall–Kier alpha value is -2.56. The first kappa shape index (κ1) is 13.5. The summed E-state index contributed by atoms with van der Waals surface area (Å²) < 4.78 is 4.38. The molecule has 0 unspecified atom stereocenters. The van der Waals surface area contributed by atoms with E-state index in [2.05, 4.69) is 16.6 Å². The van der Waals surface area contributed by atoms with Crippen molar-refractivity contribution in [3.05, 3.63) is 48.2 Å². The van der Waals surface area contributed by atoms with E-state index >= 15 is 0 Å². The van der Waals surface area contributed by atoms with Crippen LogP contribution in [0, 0.1) is 0 Å². The van der Waals surface area contributed by atoms with Crippen LogP contribution in [0.1, 0.15) is 5.56 Å². The molecular weight excluding hydrogens is 234 g/mol. The van der Waals surface area contributed by atoms with Gasteiger partial charge in [0.2, 0.25) is 5.91 Å². The lowest BCUT2D eigenvalue weighted by Crippen LogP contribution is -2.25. The number of rotatable bonds is 4. The molecule has 1 aromatic rings. The molecule has 0 atom stereocenters. The number of benzene rings is 1.